The maximum absolute atomic E-state index is 13.7. The number of ether oxygens (including phenoxy) is 1. The van der Waals surface area contributed by atoms with Gasteiger partial charge in [-0.3, -0.25) is 0 Å². The smallest absolute Gasteiger partial charge is 0.404 e. The quantitative estimate of drug-likeness (QED) is 0.472. The molecule has 29 heavy (non-hydrogen) atoms. The molecule has 0 unspecified atom stereocenters. The predicted molar refractivity (Wildman–Crippen MR) is 110 cm³/mol. The molecule has 0 fully saturated rings. The number of primary amides is 1. The summed E-state index contributed by atoms with van der Waals surface area (Å²) in [4.78, 5) is 16.2. The standard InChI is InChI=1S/C21H29F2N3O2S/c1-4-5-6-7-9-26-18(8-10-28-21(24)27)25-19(14(2)3)20(26)29-17-12-15(22)11-16(23)13-17/h11-14H,4-10H2,1-3H3,(H2,24,27). The lowest BCUT2D eigenvalue weighted by atomic mass is 10.1. The second-order valence-corrected chi connectivity index (χ2v) is 8.27. The predicted octanol–water partition coefficient (Wildman–Crippen LogP) is 5.65. The maximum atomic E-state index is 13.7. The number of halogens is 2. The van der Waals surface area contributed by atoms with Crippen LogP contribution >= 0.6 is 11.8 Å². The molecule has 0 atom stereocenters. The Morgan fingerprint density at radius 3 is 2.48 bits per heavy atom. The normalized spacial score (nSPS) is 11.2. The summed E-state index contributed by atoms with van der Waals surface area (Å²) < 4.78 is 34.3. The molecule has 0 aliphatic carbocycles. The Kier molecular flexibility index (Phi) is 8.95. The third-order valence-corrected chi connectivity index (χ3v) is 5.52. The highest BCUT2D eigenvalue weighted by Gasteiger charge is 2.21. The zero-order valence-corrected chi connectivity index (χ0v) is 18.0. The van der Waals surface area contributed by atoms with Crippen LogP contribution in [0.2, 0.25) is 0 Å². The molecule has 1 aromatic carbocycles. The number of hydrogen-bond donors (Lipinski definition) is 1. The van der Waals surface area contributed by atoms with Crippen LogP contribution in [-0.2, 0) is 17.7 Å². The Hall–Kier alpha value is -2.09. The molecule has 0 aliphatic rings. The van der Waals surface area contributed by atoms with Gasteiger partial charge in [0.05, 0.1) is 5.69 Å². The van der Waals surface area contributed by atoms with Crippen molar-refractivity contribution in [2.45, 2.75) is 75.3 Å². The van der Waals surface area contributed by atoms with Crippen LogP contribution in [0, 0.1) is 11.6 Å². The molecule has 1 amide bonds. The van der Waals surface area contributed by atoms with Gasteiger partial charge in [-0.25, -0.2) is 18.6 Å². The van der Waals surface area contributed by atoms with E-state index in [-0.39, 0.29) is 12.5 Å². The Balaban J connectivity index is 2.37. The van der Waals surface area contributed by atoms with Crippen molar-refractivity contribution in [1.82, 2.24) is 9.55 Å². The highest BCUT2D eigenvalue weighted by Crippen LogP contribution is 2.36. The highest BCUT2D eigenvalue weighted by atomic mass is 32.2. The minimum absolute atomic E-state index is 0.128. The highest BCUT2D eigenvalue weighted by molar-refractivity contribution is 7.99. The summed E-state index contributed by atoms with van der Waals surface area (Å²) in [5, 5.41) is 0.871. The van der Waals surface area contributed by atoms with Crippen molar-refractivity contribution in [3.8, 4) is 0 Å². The number of hydrogen-bond acceptors (Lipinski definition) is 4. The number of amides is 1. The zero-order chi connectivity index (χ0) is 21.4. The lowest BCUT2D eigenvalue weighted by molar-refractivity contribution is 0.157. The second-order valence-electron chi connectivity index (χ2n) is 7.21. The summed E-state index contributed by atoms with van der Waals surface area (Å²) in [7, 11) is 0. The lowest BCUT2D eigenvalue weighted by Crippen LogP contribution is -2.16. The SMILES string of the molecule is CCCCCCn1c(CCOC(N)=O)nc(C(C)C)c1Sc1cc(F)cc(F)c1. The van der Waals surface area contributed by atoms with Gasteiger partial charge in [-0.1, -0.05) is 51.8 Å². The van der Waals surface area contributed by atoms with Gasteiger partial charge in [0, 0.05) is 23.9 Å². The first-order chi connectivity index (χ1) is 13.8. The number of nitrogens with zero attached hydrogens (tertiary/aromatic N) is 2. The third-order valence-electron chi connectivity index (χ3n) is 4.43. The Morgan fingerprint density at radius 2 is 1.90 bits per heavy atom. The van der Waals surface area contributed by atoms with Crippen LogP contribution in [0.25, 0.3) is 0 Å². The van der Waals surface area contributed by atoms with Crippen molar-refractivity contribution >= 4 is 17.9 Å². The molecule has 5 nitrogen and oxygen atoms in total. The van der Waals surface area contributed by atoms with Gasteiger partial charge >= 0.3 is 6.09 Å². The summed E-state index contributed by atoms with van der Waals surface area (Å²) in [5.41, 5.74) is 5.92. The summed E-state index contributed by atoms with van der Waals surface area (Å²) in [6, 6.07) is 3.51. The number of imidazole rings is 1. The Morgan fingerprint density at radius 1 is 1.21 bits per heavy atom. The summed E-state index contributed by atoms with van der Waals surface area (Å²) >= 11 is 1.31. The van der Waals surface area contributed by atoms with Crippen LogP contribution in [-0.4, -0.2) is 22.3 Å². The van der Waals surface area contributed by atoms with E-state index >= 15 is 0 Å². The molecule has 0 saturated heterocycles. The van der Waals surface area contributed by atoms with Crippen molar-refractivity contribution in [2.75, 3.05) is 6.61 Å². The van der Waals surface area contributed by atoms with Crippen LogP contribution in [0.4, 0.5) is 13.6 Å². The van der Waals surface area contributed by atoms with E-state index in [1.54, 1.807) is 0 Å². The van der Waals surface area contributed by atoms with Crippen molar-refractivity contribution in [3.05, 3.63) is 41.4 Å². The number of carbonyl (C=O) groups excluding carboxylic acids is 1. The molecule has 160 valence electrons. The van der Waals surface area contributed by atoms with Crippen LogP contribution in [0.3, 0.4) is 0 Å². The van der Waals surface area contributed by atoms with Gasteiger partial charge in [-0.15, -0.1) is 0 Å². The van der Waals surface area contributed by atoms with Gasteiger partial charge in [0.1, 0.15) is 29.1 Å². The second kappa shape index (κ2) is 11.2. The summed E-state index contributed by atoms with van der Waals surface area (Å²) in [6.45, 7) is 7.09. The fourth-order valence-corrected chi connectivity index (χ4v) is 4.31. The van der Waals surface area contributed by atoms with Gasteiger partial charge in [0.25, 0.3) is 0 Å². The minimum Gasteiger partial charge on any atom is -0.449 e. The maximum Gasteiger partial charge on any atom is 0.404 e. The largest absolute Gasteiger partial charge is 0.449 e. The molecule has 2 N–H and O–H groups in total. The summed E-state index contributed by atoms with van der Waals surface area (Å²) in [5.74, 6) is -0.306. The Labute approximate surface area is 175 Å². The third kappa shape index (κ3) is 7.03. The molecule has 1 aromatic heterocycles. The van der Waals surface area contributed by atoms with Crippen molar-refractivity contribution < 1.29 is 18.3 Å². The van der Waals surface area contributed by atoms with Crippen LogP contribution in [0.1, 0.15) is 63.9 Å². The number of carbonyl (C=O) groups is 1. The van der Waals surface area contributed by atoms with Crippen LogP contribution in [0.15, 0.2) is 28.1 Å². The van der Waals surface area contributed by atoms with Crippen molar-refractivity contribution in [1.29, 1.82) is 0 Å². The molecular formula is C21H29F2N3O2S. The molecule has 2 rings (SSSR count). The first-order valence-corrected chi connectivity index (χ1v) is 10.8. The minimum atomic E-state index is -0.819. The fourth-order valence-electron chi connectivity index (χ4n) is 3.05. The van der Waals surface area contributed by atoms with Gasteiger partial charge in [0.15, 0.2) is 0 Å². The average Bonchev–Trinajstić information content (AvgIpc) is 2.95. The topological polar surface area (TPSA) is 70.1 Å². The first-order valence-electron chi connectivity index (χ1n) is 9.97. The number of nitrogens with two attached hydrogens (primary N) is 1. The van der Waals surface area contributed by atoms with E-state index in [2.05, 4.69) is 11.5 Å². The van der Waals surface area contributed by atoms with E-state index in [1.807, 2.05) is 13.8 Å². The molecule has 0 radical (unpaired) electrons. The number of rotatable bonds is 11. The molecular weight excluding hydrogens is 396 g/mol. The summed E-state index contributed by atoms with van der Waals surface area (Å²) in [6.07, 6.45) is 3.93. The molecule has 0 saturated carbocycles. The molecule has 0 spiro atoms. The zero-order valence-electron chi connectivity index (χ0n) is 17.2. The van der Waals surface area contributed by atoms with E-state index in [4.69, 9.17) is 15.5 Å². The van der Waals surface area contributed by atoms with E-state index < -0.39 is 17.7 Å². The molecule has 8 heteroatoms. The molecule has 2 aromatic rings. The monoisotopic (exact) mass is 425 g/mol. The molecule has 0 aliphatic heterocycles. The van der Waals surface area contributed by atoms with Crippen molar-refractivity contribution in [2.24, 2.45) is 5.73 Å². The number of aromatic nitrogens is 2. The first kappa shape index (κ1) is 23.2. The number of unbranched alkanes of at least 4 members (excludes halogenated alkanes) is 3. The van der Waals surface area contributed by atoms with E-state index in [0.29, 0.717) is 11.3 Å². The van der Waals surface area contributed by atoms with E-state index in [9.17, 15) is 13.6 Å². The molecule has 1 heterocycles. The fraction of sp³-hybridized carbons (Fsp3) is 0.524. The van der Waals surface area contributed by atoms with Crippen LogP contribution in [0.5, 0.6) is 0 Å². The lowest BCUT2D eigenvalue weighted by Gasteiger charge is -2.13. The van der Waals surface area contributed by atoms with E-state index in [1.165, 1.54) is 23.9 Å². The van der Waals surface area contributed by atoms with Gasteiger partial charge in [-0.05, 0) is 24.5 Å². The van der Waals surface area contributed by atoms with Crippen molar-refractivity contribution in [3.63, 3.8) is 0 Å². The van der Waals surface area contributed by atoms with E-state index in [0.717, 1.165) is 54.8 Å². The average molecular weight is 426 g/mol. The van der Waals surface area contributed by atoms with Crippen LogP contribution < -0.4 is 5.73 Å². The Bertz CT molecular complexity index is 804. The van der Waals surface area contributed by atoms with Gasteiger partial charge in [-0.2, -0.15) is 0 Å². The molecule has 0 bridgehead atoms. The van der Waals surface area contributed by atoms with Gasteiger partial charge in [0.2, 0.25) is 0 Å². The van der Waals surface area contributed by atoms with Gasteiger partial charge < -0.3 is 15.0 Å². The number of benzene rings is 1.